The highest BCUT2D eigenvalue weighted by molar-refractivity contribution is 5.99. The molecule has 4 N–H and O–H groups in total. The van der Waals surface area contributed by atoms with Gasteiger partial charge in [0.1, 0.15) is 23.9 Å². The maximum absolute atomic E-state index is 13.5. The van der Waals surface area contributed by atoms with Crippen LogP contribution in [-0.2, 0) is 23.9 Å². The van der Waals surface area contributed by atoms with Gasteiger partial charge in [-0.25, -0.2) is 14.6 Å². The monoisotopic (exact) mass is 791 g/mol. The number of hydrogen-bond acceptors (Lipinski definition) is 8. The minimum Gasteiger partial charge on any atom is -0.453 e. The third-order valence-electron chi connectivity index (χ3n) is 11.0. The molecule has 1 aromatic heterocycles. The maximum Gasteiger partial charge on any atom is 0.407 e. The molecule has 0 saturated carbocycles. The summed E-state index contributed by atoms with van der Waals surface area (Å²) in [5, 5.41) is 8.27. The van der Waals surface area contributed by atoms with Gasteiger partial charge in [-0.3, -0.25) is 14.4 Å². The van der Waals surface area contributed by atoms with E-state index in [9.17, 15) is 24.0 Å². The van der Waals surface area contributed by atoms with Crippen molar-refractivity contribution in [2.24, 2.45) is 11.8 Å². The highest BCUT2D eigenvalue weighted by Gasteiger charge is 2.39. The Kier molecular flexibility index (Phi) is 13.1. The zero-order valence-corrected chi connectivity index (χ0v) is 33.9. The van der Waals surface area contributed by atoms with Crippen molar-refractivity contribution in [1.82, 2.24) is 30.4 Å². The molecule has 14 heteroatoms. The Bertz CT molecular complexity index is 2080. The van der Waals surface area contributed by atoms with Crippen LogP contribution in [0.4, 0.5) is 15.3 Å². The number of benzene rings is 3. The second kappa shape index (κ2) is 18.4. The summed E-state index contributed by atoms with van der Waals surface area (Å²) in [6, 6.07) is 21.8. The lowest BCUT2D eigenvalue weighted by Crippen LogP contribution is -2.54. The van der Waals surface area contributed by atoms with Crippen LogP contribution in [0, 0.1) is 11.8 Å². The molecular weight excluding hydrogens is 739 g/mol. The van der Waals surface area contributed by atoms with E-state index in [1.54, 1.807) is 16.0 Å². The van der Waals surface area contributed by atoms with Crippen molar-refractivity contribution < 1.29 is 33.4 Å². The SMILES string of the molecule is COC(=O)NC(C(=O)N1CCC[C@H]1c1ncc(-c2ccc(-c3ccc(-c4ccc(NC(=O)[C@@H]5CCCN5C(=O)[C@@H](NC(=O)OC)C(C)C)cc4)cc3)cc2)[nH]1)C(C)C. The van der Waals surface area contributed by atoms with Crippen molar-refractivity contribution in [2.75, 3.05) is 32.6 Å². The molecule has 3 aromatic carbocycles. The molecule has 1 unspecified atom stereocenters. The number of likely N-dealkylation sites (tertiary alicyclic amines) is 2. The first-order chi connectivity index (χ1) is 27.9. The fourth-order valence-corrected chi connectivity index (χ4v) is 7.70. The van der Waals surface area contributed by atoms with E-state index in [1.165, 1.54) is 14.2 Å². The number of imidazole rings is 1. The van der Waals surface area contributed by atoms with Gasteiger partial charge in [0, 0.05) is 18.8 Å². The third-order valence-corrected chi connectivity index (χ3v) is 11.0. The first-order valence-electron chi connectivity index (χ1n) is 19.9. The summed E-state index contributed by atoms with van der Waals surface area (Å²) in [5.74, 6) is -0.277. The average Bonchev–Trinajstić information content (AvgIpc) is 4.03. The molecule has 4 aromatic rings. The van der Waals surface area contributed by atoms with Crippen LogP contribution in [0.1, 0.15) is 65.2 Å². The zero-order valence-electron chi connectivity index (χ0n) is 33.9. The first kappa shape index (κ1) is 41.5. The molecule has 2 saturated heterocycles. The van der Waals surface area contributed by atoms with E-state index in [0.717, 1.165) is 52.2 Å². The summed E-state index contributed by atoms with van der Waals surface area (Å²) in [6.45, 7) is 8.50. The number of carbonyl (C=O) groups is 5. The van der Waals surface area contributed by atoms with E-state index in [0.29, 0.717) is 31.6 Å². The number of hydrogen-bond donors (Lipinski definition) is 4. The number of H-pyrrole nitrogens is 1. The van der Waals surface area contributed by atoms with Crippen molar-refractivity contribution in [3.63, 3.8) is 0 Å². The van der Waals surface area contributed by atoms with Crippen molar-refractivity contribution in [2.45, 2.75) is 77.5 Å². The van der Waals surface area contributed by atoms with E-state index in [1.807, 2.05) is 64.1 Å². The summed E-state index contributed by atoms with van der Waals surface area (Å²) < 4.78 is 9.45. The lowest BCUT2D eigenvalue weighted by atomic mass is 9.99. The summed E-state index contributed by atoms with van der Waals surface area (Å²) >= 11 is 0. The third kappa shape index (κ3) is 9.33. The Balaban J connectivity index is 1.06. The average molecular weight is 792 g/mol. The molecule has 2 fully saturated rings. The number of alkyl carbamates (subject to hydrolysis) is 2. The number of rotatable bonds is 12. The molecule has 2 aliphatic rings. The molecule has 4 atom stereocenters. The highest BCUT2D eigenvalue weighted by Crippen LogP contribution is 2.34. The number of ether oxygens (including phenoxy) is 2. The van der Waals surface area contributed by atoms with Gasteiger partial charge in [-0.15, -0.1) is 0 Å². The number of carbonyl (C=O) groups excluding carboxylic acids is 5. The van der Waals surface area contributed by atoms with Crippen molar-refractivity contribution in [3.8, 4) is 33.5 Å². The van der Waals surface area contributed by atoms with E-state index in [4.69, 9.17) is 9.47 Å². The predicted molar refractivity (Wildman–Crippen MR) is 220 cm³/mol. The smallest absolute Gasteiger partial charge is 0.407 e. The second-order valence-electron chi connectivity index (χ2n) is 15.5. The lowest BCUT2D eigenvalue weighted by Gasteiger charge is -2.30. The van der Waals surface area contributed by atoms with Crippen LogP contribution in [0.3, 0.4) is 0 Å². The van der Waals surface area contributed by atoms with Gasteiger partial charge >= 0.3 is 12.2 Å². The van der Waals surface area contributed by atoms with Crippen molar-refractivity contribution in [3.05, 3.63) is 84.8 Å². The Hall–Kier alpha value is -6.18. The van der Waals surface area contributed by atoms with Crippen LogP contribution in [0.15, 0.2) is 79.0 Å². The fourth-order valence-electron chi connectivity index (χ4n) is 7.70. The highest BCUT2D eigenvalue weighted by atomic mass is 16.5. The number of methoxy groups -OCH3 is 2. The van der Waals surface area contributed by atoms with Crippen molar-refractivity contribution in [1.29, 1.82) is 0 Å². The number of aromatic amines is 1. The maximum atomic E-state index is 13.5. The number of nitrogens with one attached hydrogen (secondary N) is 4. The molecule has 306 valence electrons. The topological polar surface area (TPSA) is 175 Å². The molecule has 58 heavy (non-hydrogen) atoms. The standard InChI is InChI=1S/C44H53N7O7/c1-26(2)37(48-43(55)57-5)41(53)50-23-7-9-35(50)39-45-25-34(47-39)32-17-15-30(16-18-32)28-11-13-29(14-12-28)31-19-21-33(22-20-31)46-40(52)36-10-8-24-51(36)42(54)38(27(3)4)49-44(56)58-6/h11-22,25-27,35-38H,7-10,23-24H2,1-6H3,(H,45,47)(H,46,52)(H,48,55)(H,49,56)/t35-,36-,37?,38-/m0/s1. The van der Waals surface area contributed by atoms with Gasteiger partial charge in [0.05, 0.1) is 32.2 Å². The summed E-state index contributed by atoms with van der Waals surface area (Å²) in [4.78, 5) is 75.5. The van der Waals surface area contributed by atoms with Crippen LogP contribution in [0.5, 0.6) is 0 Å². The van der Waals surface area contributed by atoms with E-state index < -0.39 is 30.3 Å². The van der Waals surface area contributed by atoms with Crippen LogP contribution in [0.2, 0.25) is 0 Å². The van der Waals surface area contributed by atoms with E-state index in [-0.39, 0.29) is 35.6 Å². The minimum atomic E-state index is -0.792. The van der Waals surface area contributed by atoms with E-state index >= 15 is 0 Å². The number of anilines is 1. The normalized spacial score (nSPS) is 17.5. The molecule has 0 bridgehead atoms. The quantitative estimate of drug-likeness (QED) is 0.122. The Labute approximate surface area is 339 Å². The van der Waals surface area contributed by atoms with Crippen LogP contribution in [0.25, 0.3) is 33.5 Å². The molecule has 6 rings (SSSR count). The van der Waals surface area contributed by atoms with Crippen LogP contribution < -0.4 is 16.0 Å². The number of aromatic nitrogens is 2. The second-order valence-corrected chi connectivity index (χ2v) is 15.5. The van der Waals surface area contributed by atoms with Gasteiger partial charge in [0.25, 0.3) is 0 Å². The largest absolute Gasteiger partial charge is 0.453 e. The van der Waals surface area contributed by atoms with Gasteiger partial charge in [-0.1, -0.05) is 88.4 Å². The Morgan fingerprint density at radius 3 is 1.60 bits per heavy atom. The summed E-state index contributed by atoms with van der Waals surface area (Å²) in [6.07, 6.45) is 3.34. The molecule has 14 nitrogen and oxygen atoms in total. The summed E-state index contributed by atoms with van der Waals surface area (Å²) in [7, 11) is 2.54. The molecule has 0 spiro atoms. The number of amides is 5. The fraction of sp³-hybridized carbons (Fsp3) is 0.409. The number of nitrogens with zero attached hydrogens (tertiary/aromatic N) is 3. The van der Waals surface area contributed by atoms with Gasteiger partial charge in [-0.2, -0.15) is 0 Å². The molecule has 3 heterocycles. The summed E-state index contributed by atoms with van der Waals surface area (Å²) in [5.41, 5.74) is 6.57. The van der Waals surface area contributed by atoms with Crippen LogP contribution >= 0.6 is 0 Å². The Morgan fingerprint density at radius 2 is 1.10 bits per heavy atom. The predicted octanol–water partition coefficient (Wildman–Crippen LogP) is 6.76. The zero-order chi connectivity index (χ0) is 41.5. The van der Waals surface area contributed by atoms with Gasteiger partial charge in [0.15, 0.2) is 0 Å². The lowest BCUT2D eigenvalue weighted by molar-refractivity contribution is -0.139. The van der Waals surface area contributed by atoms with E-state index in [2.05, 4.69) is 62.3 Å². The molecule has 0 radical (unpaired) electrons. The first-order valence-corrected chi connectivity index (χ1v) is 19.9. The van der Waals surface area contributed by atoms with Crippen molar-refractivity contribution >= 4 is 35.6 Å². The molecular formula is C44H53N7O7. The van der Waals surface area contributed by atoms with Crippen LogP contribution in [-0.4, -0.2) is 95.1 Å². The van der Waals surface area contributed by atoms with Gasteiger partial charge in [0.2, 0.25) is 17.7 Å². The molecule has 2 aliphatic heterocycles. The Morgan fingerprint density at radius 1 is 0.655 bits per heavy atom. The molecule has 0 aliphatic carbocycles. The van der Waals surface area contributed by atoms with Gasteiger partial charge in [-0.05, 0) is 77.5 Å². The molecule has 5 amide bonds. The minimum absolute atomic E-state index is 0.109. The van der Waals surface area contributed by atoms with Gasteiger partial charge < -0.3 is 40.2 Å².